The third kappa shape index (κ3) is 3.26. The van der Waals surface area contributed by atoms with Crippen molar-refractivity contribution in [3.05, 3.63) is 56.7 Å². The summed E-state index contributed by atoms with van der Waals surface area (Å²) in [6, 6.07) is 5.53. The number of hydrogen-bond acceptors (Lipinski definition) is 5. The molecule has 7 nitrogen and oxygen atoms in total. The van der Waals surface area contributed by atoms with Gasteiger partial charge in [0.15, 0.2) is 0 Å². The molecule has 2 aromatic rings. The number of benzene rings is 1. The van der Waals surface area contributed by atoms with Crippen LogP contribution in [0.2, 0.25) is 5.02 Å². The van der Waals surface area contributed by atoms with Gasteiger partial charge in [-0.2, -0.15) is 0 Å². The van der Waals surface area contributed by atoms with Crippen LogP contribution in [0.3, 0.4) is 0 Å². The van der Waals surface area contributed by atoms with Gasteiger partial charge in [-0.15, -0.1) is 0 Å². The molecular weight excluding hydrogens is 300 g/mol. The largest absolute Gasteiger partial charge is 0.478 e. The fraction of sp³-hybridized carbons (Fsp3) is 0.0769. The maximum Gasteiger partial charge on any atom is 0.339 e. The Morgan fingerprint density at radius 2 is 2.14 bits per heavy atom. The fourth-order valence-corrected chi connectivity index (χ4v) is 1.78. The zero-order valence-corrected chi connectivity index (χ0v) is 11.5. The number of carboxylic acid groups (broad SMARTS) is 1. The molecule has 1 N–H and O–H groups in total. The second-order valence-corrected chi connectivity index (χ2v) is 4.58. The Balaban J connectivity index is 2.48. The van der Waals surface area contributed by atoms with Crippen LogP contribution in [-0.2, 0) is 0 Å². The van der Waals surface area contributed by atoms with Gasteiger partial charge in [0.05, 0.1) is 16.1 Å². The van der Waals surface area contributed by atoms with Gasteiger partial charge < -0.3 is 9.84 Å². The number of pyridine rings is 1. The Hall–Kier alpha value is -2.67. The van der Waals surface area contributed by atoms with E-state index in [1.54, 1.807) is 13.0 Å². The topological polar surface area (TPSA) is 103 Å². The standard InChI is InChI=1S/C13H9ClN2O5/c1-7-2-3-11(9(4-7)13(17)18)21-12-10(16(19)20)5-8(14)6-15-12/h2-6H,1H3,(H,17,18). The van der Waals surface area contributed by atoms with Crippen molar-refractivity contribution in [3.63, 3.8) is 0 Å². The van der Waals surface area contributed by atoms with Gasteiger partial charge in [-0.05, 0) is 19.1 Å². The molecule has 0 aliphatic heterocycles. The number of nitro groups is 1. The Bertz CT molecular complexity index is 671. The predicted octanol–water partition coefficient (Wildman–Crippen LogP) is 3.44. The highest BCUT2D eigenvalue weighted by molar-refractivity contribution is 6.30. The number of rotatable bonds is 4. The summed E-state index contributed by atoms with van der Waals surface area (Å²) in [5, 5.41) is 20.2. The smallest absolute Gasteiger partial charge is 0.339 e. The number of ether oxygens (including phenoxy) is 1. The molecule has 0 radical (unpaired) electrons. The molecule has 8 heteroatoms. The van der Waals surface area contributed by atoms with Crippen LogP contribution in [0, 0.1) is 17.0 Å². The van der Waals surface area contributed by atoms with E-state index in [4.69, 9.17) is 21.4 Å². The van der Waals surface area contributed by atoms with Crippen LogP contribution in [0.15, 0.2) is 30.5 Å². The van der Waals surface area contributed by atoms with Gasteiger partial charge >= 0.3 is 11.7 Å². The Morgan fingerprint density at radius 3 is 2.76 bits per heavy atom. The first kappa shape index (κ1) is 14.7. The van der Waals surface area contributed by atoms with Crippen LogP contribution in [0.5, 0.6) is 11.6 Å². The van der Waals surface area contributed by atoms with Crippen molar-refractivity contribution >= 4 is 23.3 Å². The molecule has 0 spiro atoms. The van der Waals surface area contributed by atoms with E-state index in [-0.39, 0.29) is 22.2 Å². The first-order chi connectivity index (χ1) is 9.88. The molecule has 0 saturated carbocycles. The SMILES string of the molecule is Cc1ccc(Oc2ncc(Cl)cc2[N+](=O)[O-])c(C(=O)O)c1. The van der Waals surface area contributed by atoms with Crippen molar-refractivity contribution in [1.82, 2.24) is 4.98 Å². The van der Waals surface area contributed by atoms with Gasteiger partial charge in [-0.3, -0.25) is 10.1 Å². The van der Waals surface area contributed by atoms with Gasteiger partial charge in [0.1, 0.15) is 11.3 Å². The molecule has 1 aromatic carbocycles. The number of aromatic carboxylic acids is 1. The molecule has 0 unspecified atom stereocenters. The summed E-state index contributed by atoms with van der Waals surface area (Å²) < 4.78 is 5.28. The van der Waals surface area contributed by atoms with Gasteiger partial charge in [-0.1, -0.05) is 23.2 Å². The molecular formula is C13H9ClN2O5. The summed E-state index contributed by atoms with van der Waals surface area (Å²) in [6.45, 7) is 1.72. The van der Waals surface area contributed by atoms with Gasteiger partial charge in [0.2, 0.25) is 0 Å². The molecule has 0 bridgehead atoms. The molecule has 0 amide bonds. The minimum Gasteiger partial charge on any atom is -0.478 e. The van der Waals surface area contributed by atoms with Crippen LogP contribution >= 0.6 is 11.6 Å². The second-order valence-electron chi connectivity index (χ2n) is 4.14. The molecule has 108 valence electrons. The van der Waals surface area contributed by atoms with Crippen molar-refractivity contribution in [2.45, 2.75) is 6.92 Å². The van der Waals surface area contributed by atoms with Crippen molar-refractivity contribution < 1.29 is 19.6 Å². The molecule has 0 fully saturated rings. The van der Waals surface area contributed by atoms with Gasteiger partial charge in [-0.25, -0.2) is 9.78 Å². The molecule has 1 heterocycles. The van der Waals surface area contributed by atoms with Crippen LogP contribution in [0.4, 0.5) is 5.69 Å². The quantitative estimate of drug-likeness (QED) is 0.685. The summed E-state index contributed by atoms with van der Waals surface area (Å²) in [5.74, 6) is -1.56. The van der Waals surface area contributed by atoms with Crippen molar-refractivity contribution in [3.8, 4) is 11.6 Å². The van der Waals surface area contributed by atoms with E-state index in [9.17, 15) is 14.9 Å². The second kappa shape index (κ2) is 5.76. The van der Waals surface area contributed by atoms with E-state index in [1.807, 2.05) is 0 Å². The van der Waals surface area contributed by atoms with E-state index in [1.165, 1.54) is 18.3 Å². The molecule has 2 rings (SSSR count). The monoisotopic (exact) mass is 308 g/mol. The first-order valence-electron chi connectivity index (χ1n) is 5.70. The lowest BCUT2D eigenvalue weighted by Gasteiger charge is -2.09. The maximum absolute atomic E-state index is 11.2. The fourth-order valence-electron chi connectivity index (χ4n) is 1.63. The number of aromatic nitrogens is 1. The lowest BCUT2D eigenvalue weighted by Crippen LogP contribution is -2.02. The van der Waals surface area contributed by atoms with Gasteiger partial charge in [0.25, 0.3) is 5.88 Å². The van der Waals surface area contributed by atoms with E-state index < -0.39 is 16.6 Å². The number of hydrogen-bond donors (Lipinski definition) is 1. The van der Waals surface area contributed by atoms with Crippen LogP contribution in [0.25, 0.3) is 0 Å². The number of aryl methyl sites for hydroxylation is 1. The molecule has 0 aliphatic rings. The average Bonchev–Trinajstić information content (AvgIpc) is 2.42. The van der Waals surface area contributed by atoms with Crippen molar-refractivity contribution in [1.29, 1.82) is 0 Å². The Labute approximate surface area is 123 Å². The lowest BCUT2D eigenvalue weighted by atomic mass is 10.1. The zero-order valence-electron chi connectivity index (χ0n) is 10.7. The van der Waals surface area contributed by atoms with Crippen LogP contribution in [0.1, 0.15) is 15.9 Å². The number of carbonyl (C=O) groups is 1. The summed E-state index contributed by atoms with van der Waals surface area (Å²) in [5.41, 5.74) is 0.166. The lowest BCUT2D eigenvalue weighted by molar-refractivity contribution is -0.386. The van der Waals surface area contributed by atoms with E-state index in [2.05, 4.69) is 4.98 Å². The predicted molar refractivity (Wildman–Crippen MR) is 74.1 cm³/mol. The zero-order chi connectivity index (χ0) is 15.6. The molecule has 21 heavy (non-hydrogen) atoms. The third-order valence-corrected chi connectivity index (χ3v) is 2.77. The average molecular weight is 309 g/mol. The summed E-state index contributed by atoms with van der Waals surface area (Å²) in [4.78, 5) is 25.2. The normalized spacial score (nSPS) is 10.2. The minimum absolute atomic E-state index is 0.0361. The summed E-state index contributed by atoms with van der Waals surface area (Å²) in [7, 11) is 0. The number of halogens is 1. The summed E-state index contributed by atoms with van der Waals surface area (Å²) in [6.07, 6.45) is 1.18. The van der Waals surface area contributed by atoms with Crippen LogP contribution < -0.4 is 4.74 Å². The minimum atomic E-state index is -1.20. The maximum atomic E-state index is 11.2. The highest BCUT2D eigenvalue weighted by Crippen LogP contribution is 2.32. The molecule has 0 aliphatic carbocycles. The number of carboxylic acids is 1. The Kier molecular flexibility index (Phi) is 4.04. The Morgan fingerprint density at radius 1 is 1.43 bits per heavy atom. The first-order valence-corrected chi connectivity index (χ1v) is 6.08. The molecule has 0 atom stereocenters. The number of nitrogens with zero attached hydrogens (tertiary/aromatic N) is 2. The van der Waals surface area contributed by atoms with Crippen molar-refractivity contribution in [2.75, 3.05) is 0 Å². The highest BCUT2D eigenvalue weighted by Gasteiger charge is 2.21. The van der Waals surface area contributed by atoms with Crippen molar-refractivity contribution in [2.24, 2.45) is 0 Å². The van der Waals surface area contributed by atoms with Crippen LogP contribution in [-0.4, -0.2) is 21.0 Å². The van der Waals surface area contributed by atoms with Gasteiger partial charge in [0, 0.05) is 6.07 Å². The molecule has 1 aromatic heterocycles. The van der Waals surface area contributed by atoms with E-state index in [0.29, 0.717) is 0 Å². The van der Waals surface area contributed by atoms with E-state index >= 15 is 0 Å². The molecule has 0 saturated heterocycles. The highest BCUT2D eigenvalue weighted by atomic mass is 35.5. The van der Waals surface area contributed by atoms with E-state index in [0.717, 1.165) is 11.6 Å². The third-order valence-electron chi connectivity index (χ3n) is 2.57. The summed E-state index contributed by atoms with van der Waals surface area (Å²) >= 11 is 5.65.